The van der Waals surface area contributed by atoms with Crippen molar-refractivity contribution in [3.8, 4) is 5.75 Å². The lowest BCUT2D eigenvalue weighted by Gasteiger charge is -2.11. The van der Waals surface area contributed by atoms with Gasteiger partial charge in [-0.3, -0.25) is 0 Å². The molecule has 0 amide bonds. The third-order valence-electron chi connectivity index (χ3n) is 2.74. The average Bonchev–Trinajstić information content (AvgIpc) is 2.44. The number of hydrogen-bond acceptors (Lipinski definition) is 3. The quantitative estimate of drug-likeness (QED) is 0.497. The Kier molecular flexibility index (Phi) is 8.76. The summed E-state index contributed by atoms with van der Waals surface area (Å²) >= 11 is 0. The fraction of sp³-hybridized carbons (Fsp3) is 0.529. The molecule has 0 spiro atoms. The van der Waals surface area contributed by atoms with Crippen LogP contribution in [0.3, 0.4) is 0 Å². The summed E-state index contributed by atoms with van der Waals surface area (Å²) in [7, 11) is 0. The molecule has 1 aromatic rings. The van der Waals surface area contributed by atoms with Gasteiger partial charge in [-0.2, -0.15) is 0 Å². The van der Waals surface area contributed by atoms with Gasteiger partial charge in [0.05, 0.1) is 0 Å². The van der Waals surface area contributed by atoms with Gasteiger partial charge in [-0.25, -0.2) is 0 Å². The van der Waals surface area contributed by atoms with Crippen molar-refractivity contribution in [2.75, 3.05) is 26.4 Å². The Labute approximate surface area is 123 Å². The summed E-state index contributed by atoms with van der Waals surface area (Å²) in [5.41, 5.74) is 1.18. The van der Waals surface area contributed by atoms with E-state index in [2.05, 4.69) is 31.8 Å². The molecule has 0 aliphatic carbocycles. The first kappa shape index (κ1) is 16.7. The molecule has 0 unspecified atom stereocenters. The highest BCUT2D eigenvalue weighted by Crippen LogP contribution is 2.17. The van der Waals surface area contributed by atoms with E-state index in [1.54, 1.807) is 6.08 Å². The van der Waals surface area contributed by atoms with Crippen molar-refractivity contribution in [2.45, 2.75) is 26.8 Å². The average molecular weight is 277 g/mol. The van der Waals surface area contributed by atoms with Crippen LogP contribution in [0.25, 0.3) is 0 Å². The largest absolute Gasteiger partial charge is 0.489 e. The van der Waals surface area contributed by atoms with Gasteiger partial charge in [-0.15, -0.1) is 0 Å². The van der Waals surface area contributed by atoms with Crippen LogP contribution in [-0.4, -0.2) is 26.4 Å². The van der Waals surface area contributed by atoms with Crippen LogP contribution in [0.1, 0.15) is 25.8 Å². The van der Waals surface area contributed by atoms with E-state index in [1.165, 1.54) is 5.56 Å². The monoisotopic (exact) mass is 277 g/mol. The summed E-state index contributed by atoms with van der Waals surface area (Å²) in [6, 6.07) is 8.10. The normalized spacial score (nSPS) is 10.8. The predicted octanol–water partition coefficient (Wildman–Crippen LogP) is 3.40. The molecule has 1 N–H and O–H groups in total. The Balaban J connectivity index is 2.19. The van der Waals surface area contributed by atoms with Gasteiger partial charge in [0.2, 0.25) is 0 Å². The van der Waals surface area contributed by atoms with Crippen LogP contribution in [0.5, 0.6) is 5.75 Å². The SMILES string of the molecule is C=CCOc1ccccc1CNCCCOCC(C)C. The van der Waals surface area contributed by atoms with E-state index in [9.17, 15) is 0 Å². The molecule has 0 aliphatic heterocycles. The molecule has 0 atom stereocenters. The Morgan fingerprint density at radius 3 is 2.85 bits per heavy atom. The smallest absolute Gasteiger partial charge is 0.124 e. The lowest BCUT2D eigenvalue weighted by Crippen LogP contribution is -2.17. The number of rotatable bonds is 11. The minimum atomic E-state index is 0.542. The maximum absolute atomic E-state index is 5.63. The van der Waals surface area contributed by atoms with Crippen LogP contribution < -0.4 is 10.1 Å². The molecule has 0 saturated carbocycles. The minimum Gasteiger partial charge on any atom is -0.489 e. The van der Waals surface area contributed by atoms with Crippen molar-refractivity contribution >= 4 is 0 Å². The standard InChI is InChI=1S/C17H27NO2/c1-4-11-20-17-9-6-5-8-16(17)13-18-10-7-12-19-14-15(2)3/h4-6,8-9,15,18H,1,7,10-14H2,2-3H3. The molecule has 0 radical (unpaired) electrons. The second-order valence-corrected chi connectivity index (χ2v) is 5.21. The van der Waals surface area contributed by atoms with E-state index < -0.39 is 0 Å². The zero-order valence-corrected chi connectivity index (χ0v) is 12.7. The van der Waals surface area contributed by atoms with Crippen LogP contribution in [0.4, 0.5) is 0 Å². The predicted molar refractivity (Wildman–Crippen MR) is 84.1 cm³/mol. The summed E-state index contributed by atoms with van der Waals surface area (Å²) < 4.78 is 11.2. The first-order chi connectivity index (χ1) is 9.74. The van der Waals surface area contributed by atoms with E-state index in [-0.39, 0.29) is 0 Å². The van der Waals surface area contributed by atoms with E-state index in [0.717, 1.165) is 38.5 Å². The molecule has 0 aliphatic rings. The maximum atomic E-state index is 5.63. The van der Waals surface area contributed by atoms with Crippen molar-refractivity contribution in [3.05, 3.63) is 42.5 Å². The molecular formula is C17H27NO2. The van der Waals surface area contributed by atoms with Gasteiger partial charge in [0.1, 0.15) is 12.4 Å². The second-order valence-electron chi connectivity index (χ2n) is 5.21. The van der Waals surface area contributed by atoms with Gasteiger partial charge in [-0.05, 0) is 24.9 Å². The van der Waals surface area contributed by atoms with Crippen LogP contribution in [0.2, 0.25) is 0 Å². The maximum Gasteiger partial charge on any atom is 0.124 e. The highest BCUT2D eigenvalue weighted by atomic mass is 16.5. The summed E-state index contributed by atoms with van der Waals surface area (Å²) in [6.07, 6.45) is 2.79. The minimum absolute atomic E-state index is 0.542. The highest BCUT2D eigenvalue weighted by molar-refractivity contribution is 5.33. The van der Waals surface area contributed by atoms with E-state index >= 15 is 0 Å². The number of benzene rings is 1. The van der Waals surface area contributed by atoms with E-state index in [0.29, 0.717) is 12.5 Å². The molecule has 112 valence electrons. The molecule has 1 rings (SSSR count). The van der Waals surface area contributed by atoms with Crippen LogP contribution in [0, 0.1) is 5.92 Å². The fourth-order valence-corrected chi connectivity index (χ4v) is 1.78. The fourth-order valence-electron chi connectivity index (χ4n) is 1.78. The summed E-state index contributed by atoms with van der Waals surface area (Å²) in [6.45, 7) is 12.0. The molecule has 0 aromatic heterocycles. The first-order valence-electron chi connectivity index (χ1n) is 7.34. The third kappa shape index (κ3) is 7.31. The Morgan fingerprint density at radius 2 is 2.10 bits per heavy atom. The Morgan fingerprint density at radius 1 is 1.30 bits per heavy atom. The van der Waals surface area contributed by atoms with Gasteiger partial charge >= 0.3 is 0 Å². The lowest BCUT2D eigenvalue weighted by molar-refractivity contribution is 0.108. The zero-order valence-electron chi connectivity index (χ0n) is 12.7. The summed E-state index contributed by atoms with van der Waals surface area (Å²) in [5, 5.41) is 3.42. The highest BCUT2D eigenvalue weighted by Gasteiger charge is 2.01. The van der Waals surface area contributed by atoms with Gasteiger partial charge < -0.3 is 14.8 Å². The number of nitrogens with one attached hydrogen (secondary N) is 1. The Bertz CT molecular complexity index is 377. The lowest BCUT2D eigenvalue weighted by atomic mass is 10.2. The number of para-hydroxylation sites is 1. The van der Waals surface area contributed by atoms with Crippen LogP contribution in [-0.2, 0) is 11.3 Å². The van der Waals surface area contributed by atoms with Crippen molar-refractivity contribution in [1.82, 2.24) is 5.32 Å². The number of ether oxygens (including phenoxy) is 2. The topological polar surface area (TPSA) is 30.5 Å². The second kappa shape index (κ2) is 10.5. The molecule has 0 heterocycles. The molecular weight excluding hydrogens is 250 g/mol. The van der Waals surface area contributed by atoms with E-state index in [4.69, 9.17) is 9.47 Å². The van der Waals surface area contributed by atoms with Crippen LogP contribution >= 0.6 is 0 Å². The summed E-state index contributed by atoms with van der Waals surface area (Å²) in [4.78, 5) is 0. The van der Waals surface area contributed by atoms with Crippen molar-refractivity contribution < 1.29 is 9.47 Å². The Hall–Kier alpha value is -1.32. The van der Waals surface area contributed by atoms with Crippen molar-refractivity contribution in [2.24, 2.45) is 5.92 Å². The zero-order chi connectivity index (χ0) is 14.6. The van der Waals surface area contributed by atoms with E-state index in [1.807, 2.05) is 18.2 Å². The molecule has 3 nitrogen and oxygen atoms in total. The first-order valence-corrected chi connectivity index (χ1v) is 7.34. The summed E-state index contributed by atoms with van der Waals surface area (Å²) in [5.74, 6) is 1.54. The molecule has 3 heteroatoms. The van der Waals surface area contributed by atoms with Crippen molar-refractivity contribution in [3.63, 3.8) is 0 Å². The van der Waals surface area contributed by atoms with Crippen LogP contribution in [0.15, 0.2) is 36.9 Å². The molecule has 0 fully saturated rings. The van der Waals surface area contributed by atoms with Crippen molar-refractivity contribution in [1.29, 1.82) is 0 Å². The van der Waals surface area contributed by atoms with Gasteiger partial charge in [-0.1, -0.05) is 44.7 Å². The van der Waals surface area contributed by atoms with Gasteiger partial charge in [0.15, 0.2) is 0 Å². The molecule has 20 heavy (non-hydrogen) atoms. The molecule has 0 bridgehead atoms. The van der Waals surface area contributed by atoms with Gasteiger partial charge in [0.25, 0.3) is 0 Å². The molecule has 1 aromatic carbocycles. The number of hydrogen-bond donors (Lipinski definition) is 1. The van der Waals surface area contributed by atoms with Gasteiger partial charge in [0, 0.05) is 25.3 Å². The third-order valence-corrected chi connectivity index (χ3v) is 2.74. The molecule has 0 saturated heterocycles.